The lowest BCUT2D eigenvalue weighted by Crippen LogP contribution is -2.25. The van der Waals surface area contributed by atoms with Gasteiger partial charge < -0.3 is 14.8 Å². The first-order valence-corrected chi connectivity index (χ1v) is 5.17. The summed E-state index contributed by atoms with van der Waals surface area (Å²) in [5.74, 6) is 0. The van der Waals surface area contributed by atoms with Gasteiger partial charge in [0.15, 0.2) is 0 Å². The van der Waals surface area contributed by atoms with Crippen molar-refractivity contribution >= 4 is 0 Å². The molecule has 0 radical (unpaired) electrons. The molecular formula is C12H18N4. The molecule has 1 aromatic heterocycles. The second-order valence-electron chi connectivity index (χ2n) is 3.32. The van der Waals surface area contributed by atoms with Crippen LogP contribution in [-0.4, -0.2) is 39.5 Å². The van der Waals surface area contributed by atoms with Gasteiger partial charge in [0.1, 0.15) is 0 Å². The maximum absolute atomic E-state index is 3.68. The Morgan fingerprint density at radius 1 is 1.19 bits per heavy atom. The highest BCUT2D eigenvalue weighted by Gasteiger charge is 2.07. The summed E-state index contributed by atoms with van der Waals surface area (Å²) in [6.45, 7) is 10.2. The lowest BCUT2D eigenvalue weighted by Gasteiger charge is -2.18. The van der Waals surface area contributed by atoms with Crippen LogP contribution in [0.2, 0.25) is 0 Å². The van der Waals surface area contributed by atoms with Crippen molar-refractivity contribution in [2.45, 2.75) is 0 Å². The molecule has 0 aliphatic carbocycles. The monoisotopic (exact) mass is 218 g/mol. The third-order valence-corrected chi connectivity index (χ3v) is 1.98. The van der Waals surface area contributed by atoms with Crippen LogP contribution < -0.4 is 0 Å². The summed E-state index contributed by atoms with van der Waals surface area (Å²) in [4.78, 5) is 10.8. The molecule has 0 saturated carbocycles. The zero-order valence-electron chi connectivity index (χ0n) is 9.42. The first-order chi connectivity index (χ1) is 7.86. The summed E-state index contributed by atoms with van der Waals surface area (Å²) in [5.41, 5.74) is 0. The van der Waals surface area contributed by atoms with E-state index in [-0.39, 0.29) is 0 Å². The minimum atomic E-state index is 0.921. The molecule has 1 aliphatic rings. The molecule has 2 rings (SSSR count). The molecule has 0 fully saturated rings. The smallest absolute Gasteiger partial charge is 0.0919 e. The van der Waals surface area contributed by atoms with E-state index in [9.17, 15) is 0 Å². The Balaban J connectivity index is 0.000000212. The molecule has 0 atom stereocenters. The molecule has 0 amide bonds. The van der Waals surface area contributed by atoms with E-state index in [0.29, 0.717) is 0 Å². The van der Waals surface area contributed by atoms with Crippen LogP contribution in [-0.2, 0) is 0 Å². The van der Waals surface area contributed by atoms with E-state index >= 15 is 0 Å². The Morgan fingerprint density at radius 3 is 2.12 bits per heavy atom. The molecule has 0 saturated heterocycles. The van der Waals surface area contributed by atoms with E-state index in [1.807, 2.05) is 12.2 Å². The zero-order valence-corrected chi connectivity index (χ0v) is 9.42. The van der Waals surface area contributed by atoms with Crippen LogP contribution in [0.25, 0.3) is 0 Å². The molecule has 0 aromatic carbocycles. The first-order valence-electron chi connectivity index (χ1n) is 5.17. The molecule has 4 heteroatoms. The topological polar surface area (TPSA) is 35.2 Å². The number of nitrogens with one attached hydrogen (secondary N) is 1. The van der Waals surface area contributed by atoms with Gasteiger partial charge in [0.2, 0.25) is 0 Å². The van der Waals surface area contributed by atoms with E-state index in [1.165, 1.54) is 0 Å². The van der Waals surface area contributed by atoms with Gasteiger partial charge in [-0.2, -0.15) is 0 Å². The van der Waals surface area contributed by atoms with Crippen molar-refractivity contribution in [2.75, 3.05) is 19.8 Å². The molecule has 4 nitrogen and oxygen atoms in total. The molecule has 16 heavy (non-hydrogen) atoms. The average molecular weight is 218 g/mol. The normalized spacial score (nSPS) is 13.2. The third kappa shape index (κ3) is 4.50. The second-order valence-corrected chi connectivity index (χ2v) is 3.32. The van der Waals surface area contributed by atoms with E-state index < -0.39 is 0 Å². The summed E-state index contributed by atoms with van der Waals surface area (Å²) >= 11 is 0. The summed E-state index contributed by atoms with van der Waals surface area (Å²) in [7, 11) is 0. The van der Waals surface area contributed by atoms with Gasteiger partial charge in [0.05, 0.1) is 13.0 Å². The minimum absolute atomic E-state index is 0.921. The predicted molar refractivity (Wildman–Crippen MR) is 66.4 cm³/mol. The Labute approximate surface area is 96.6 Å². The summed E-state index contributed by atoms with van der Waals surface area (Å²) in [6, 6.07) is 0. The van der Waals surface area contributed by atoms with Crippen molar-refractivity contribution in [1.82, 2.24) is 19.8 Å². The number of rotatable bonds is 4. The number of hydrogen-bond acceptors (Lipinski definition) is 3. The highest BCUT2D eigenvalue weighted by atomic mass is 15.3. The Kier molecular flexibility index (Phi) is 5.55. The van der Waals surface area contributed by atoms with E-state index in [2.05, 4.69) is 45.3 Å². The Bertz CT molecular complexity index is 281. The average Bonchev–Trinajstić information content (AvgIpc) is 2.92. The third-order valence-electron chi connectivity index (χ3n) is 1.98. The van der Waals surface area contributed by atoms with Crippen molar-refractivity contribution in [1.29, 1.82) is 0 Å². The molecule has 2 heterocycles. The summed E-state index contributed by atoms with van der Waals surface area (Å²) in [5, 5.41) is 0. The zero-order chi connectivity index (χ0) is 11.6. The maximum Gasteiger partial charge on any atom is 0.0919 e. The van der Waals surface area contributed by atoms with Gasteiger partial charge in [0.25, 0.3) is 0 Å². The SMILES string of the molecule is C=CCN1C=CN(CC=C)C1.c1c[nH]cn1. The van der Waals surface area contributed by atoms with Crippen LogP contribution in [0.15, 0.2) is 56.4 Å². The quantitative estimate of drug-likeness (QED) is 0.783. The van der Waals surface area contributed by atoms with Crippen LogP contribution in [0.3, 0.4) is 0 Å². The molecule has 0 unspecified atom stereocenters. The van der Waals surface area contributed by atoms with Gasteiger partial charge in [-0.1, -0.05) is 12.2 Å². The second kappa shape index (κ2) is 7.34. The standard InChI is InChI=1S/C9H14N2.C3H4N2/c1-3-5-10-7-8-11(9-10)6-4-2;1-2-5-3-4-1/h3-4,7-8H,1-2,5-6,9H2;1-3H,(H,4,5). The summed E-state index contributed by atoms with van der Waals surface area (Å²) in [6.07, 6.45) is 13.0. The van der Waals surface area contributed by atoms with Gasteiger partial charge in [-0.3, -0.25) is 0 Å². The lowest BCUT2D eigenvalue weighted by atomic mass is 10.5. The van der Waals surface area contributed by atoms with Crippen LogP contribution in [0.1, 0.15) is 0 Å². The highest BCUT2D eigenvalue weighted by Crippen LogP contribution is 2.04. The van der Waals surface area contributed by atoms with Crippen molar-refractivity contribution in [3.63, 3.8) is 0 Å². The molecule has 0 bridgehead atoms. The van der Waals surface area contributed by atoms with Crippen molar-refractivity contribution in [3.05, 3.63) is 56.4 Å². The summed E-state index contributed by atoms with van der Waals surface area (Å²) < 4.78 is 0. The molecule has 1 aromatic rings. The van der Waals surface area contributed by atoms with E-state index in [0.717, 1.165) is 19.8 Å². The van der Waals surface area contributed by atoms with Crippen molar-refractivity contribution in [2.24, 2.45) is 0 Å². The van der Waals surface area contributed by atoms with Gasteiger partial charge >= 0.3 is 0 Å². The van der Waals surface area contributed by atoms with Gasteiger partial charge in [-0.25, -0.2) is 4.98 Å². The fourth-order valence-corrected chi connectivity index (χ4v) is 1.30. The minimum Gasteiger partial charge on any atom is -0.355 e. The van der Waals surface area contributed by atoms with Gasteiger partial charge in [-0.05, 0) is 0 Å². The molecule has 1 aliphatic heterocycles. The van der Waals surface area contributed by atoms with E-state index in [1.54, 1.807) is 18.7 Å². The van der Waals surface area contributed by atoms with E-state index in [4.69, 9.17) is 0 Å². The van der Waals surface area contributed by atoms with Gasteiger partial charge in [0, 0.05) is 37.9 Å². The van der Waals surface area contributed by atoms with Crippen LogP contribution in [0, 0.1) is 0 Å². The number of imidazole rings is 1. The number of nitrogens with zero attached hydrogens (tertiary/aromatic N) is 3. The van der Waals surface area contributed by atoms with Crippen molar-refractivity contribution < 1.29 is 0 Å². The molecule has 86 valence electrons. The van der Waals surface area contributed by atoms with Gasteiger partial charge in [-0.15, -0.1) is 13.2 Å². The predicted octanol–water partition coefficient (Wildman–Crippen LogP) is 1.81. The largest absolute Gasteiger partial charge is 0.355 e. The maximum atomic E-state index is 3.68. The first kappa shape index (κ1) is 12.1. The Morgan fingerprint density at radius 2 is 1.81 bits per heavy atom. The number of H-pyrrole nitrogens is 1. The molecule has 1 N–H and O–H groups in total. The number of hydrogen-bond donors (Lipinski definition) is 1. The molecular weight excluding hydrogens is 200 g/mol. The van der Waals surface area contributed by atoms with Crippen LogP contribution in [0.4, 0.5) is 0 Å². The lowest BCUT2D eigenvalue weighted by molar-refractivity contribution is 0.300. The Hall–Kier alpha value is -1.97. The van der Waals surface area contributed by atoms with Crippen LogP contribution in [0.5, 0.6) is 0 Å². The van der Waals surface area contributed by atoms with Crippen LogP contribution >= 0.6 is 0 Å². The number of aromatic amines is 1. The van der Waals surface area contributed by atoms with Crippen molar-refractivity contribution in [3.8, 4) is 0 Å². The fourth-order valence-electron chi connectivity index (χ4n) is 1.30. The molecule has 0 spiro atoms. The fraction of sp³-hybridized carbons (Fsp3) is 0.250. The highest BCUT2D eigenvalue weighted by molar-refractivity contribution is 4.95. The number of aromatic nitrogens is 2.